The number of hydrogen-bond donors (Lipinski definition) is 3. The van der Waals surface area contributed by atoms with Crippen LogP contribution in [-0.4, -0.2) is 34.6 Å². The number of carboxylic acids is 2. The lowest BCUT2D eigenvalue weighted by Gasteiger charge is -1.68. The van der Waals surface area contributed by atoms with Gasteiger partial charge in [-0.15, -0.1) is 11.6 Å². The third-order valence-corrected chi connectivity index (χ3v) is 0.327. The minimum Gasteiger partial charge on any atom is -0.481 e. The van der Waals surface area contributed by atoms with Gasteiger partial charge in [0.2, 0.25) is 0 Å². The van der Waals surface area contributed by atoms with Crippen LogP contribution in [0.3, 0.4) is 0 Å². The number of alkyl halides is 1. The third-order valence-electron chi connectivity index (χ3n) is 0.109. The molecule has 0 aromatic heterocycles. The Balaban J connectivity index is -0.000000101. The van der Waals surface area contributed by atoms with Crippen LogP contribution >= 0.6 is 11.6 Å². The lowest BCUT2D eigenvalue weighted by atomic mass is 10.8. The molecular weight excluding hydrogens is 186 g/mol. The van der Waals surface area contributed by atoms with Crippen molar-refractivity contribution in [2.45, 2.75) is 13.8 Å². The van der Waals surface area contributed by atoms with E-state index < -0.39 is 11.9 Å². The molecule has 0 spiro atoms. The highest BCUT2D eigenvalue weighted by Gasteiger charge is 1.65. The Labute approximate surface area is 76.1 Å². The van der Waals surface area contributed by atoms with Gasteiger partial charge < -0.3 is 15.9 Å². The van der Waals surface area contributed by atoms with Crippen LogP contribution in [0.4, 0.5) is 0 Å². The van der Waals surface area contributed by atoms with E-state index in [1.165, 1.54) is 0 Å². The van der Waals surface area contributed by atoms with E-state index in [0.717, 1.165) is 13.8 Å². The van der Waals surface area contributed by atoms with Crippen LogP contribution in [0.2, 0.25) is 0 Å². The van der Waals surface area contributed by atoms with Gasteiger partial charge in [-0.05, 0) is 0 Å². The molecule has 0 saturated heterocycles. The van der Waals surface area contributed by atoms with Crippen molar-refractivity contribution >= 4 is 23.5 Å². The van der Waals surface area contributed by atoms with Gasteiger partial charge in [-0.3, -0.25) is 9.59 Å². The quantitative estimate of drug-likeness (QED) is 0.530. The van der Waals surface area contributed by atoms with Crippen molar-refractivity contribution in [2.75, 3.05) is 12.4 Å². The lowest BCUT2D eigenvalue weighted by Crippen LogP contribution is -1.97. The maximum Gasteiger partial charge on any atom is 0.300 e. The Kier molecular flexibility index (Phi) is 24.0. The largest absolute Gasteiger partial charge is 0.481 e. The second kappa shape index (κ2) is 16.6. The molecule has 0 rings (SSSR count). The summed E-state index contributed by atoms with van der Waals surface area (Å²) in [6.07, 6.45) is 0. The minimum atomic E-state index is -0.833. The zero-order chi connectivity index (χ0) is 10.6. The molecule has 0 aliphatic rings. The van der Waals surface area contributed by atoms with Crippen LogP contribution in [-0.2, 0) is 9.59 Å². The molecule has 0 saturated carbocycles. The predicted molar refractivity (Wildman–Crippen MR) is 46.4 cm³/mol. The molecular formula is C6H14ClNO4. The Morgan fingerprint density at radius 2 is 1.33 bits per heavy atom. The van der Waals surface area contributed by atoms with E-state index in [9.17, 15) is 0 Å². The van der Waals surface area contributed by atoms with Crippen molar-refractivity contribution in [3.05, 3.63) is 0 Å². The fourth-order valence-electron chi connectivity index (χ4n) is 0. The zero-order valence-corrected chi connectivity index (χ0v) is 7.84. The monoisotopic (exact) mass is 199 g/mol. The average Bonchev–Trinajstić information content (AvgIpc) is 1.85. The predicted octanol–water partition coefficient (Wildman–Crippen LogP) is 0.366. The molecule has 6 heteroatoms. The number of rotatable bonds is 1. The summed E-state index contributed by atoms with van der Waals surface area (Å²) in [6.45, 7) is 2.75. The van der Waals surface area contributed by atoms with Gasteiger partial charge in [-0.2, -0.15) is 0 Å². The molecule has 5 nitrogen and oxygen atoms in total. The van der Waals surface area contributed by atoms with E-state index >= 15 is 0 Å². The third kappa shape index (κ3) is 17100. The van der Waals surface area contributed by atoms with E-state index in [1.54, 1.807) is 0 Å². The van der Waals surface area contributed by atoms with E-state index in [0.29, 0.717) is 12.4 Å². The smallest absolute Gasteiger partial charge is 0.300 e. The molecule has 0 bridgehead atoms. The second-order valence-corrected chi connectivity index (χ2v) is 1.89. The highest BCUT2D eigenvalue weighted by atomic mass is 35.5. The van der Waals surface area contributed by atoms with E-state index in [-0.39, 0.29) is 0 Å². The minimum absolute atomic E-state index is 0.569. The van der Waals surface area contributed by atoms with Crippen molar-refractivity contribution in [2.24, 2.45) is 5.73 Å². The Morgan fingerprint density at radius 1 is 1.25 bits per heavy atom. The molecule has 0 amide bonds. The molecule has 74 valence electrons. The molecule has 0 fully saturated rings. The van der Waals surface area contributed by atoms with Crippen LogP contribution in [0.25, 0.3) is 0 Å². The van der Waals surface area contributed by atoms with Crippen molar-refractivity contribution in [3.8, 4) is 0 Å². The Morgan fingerprint density at radius 3 is 1.33 bits per heavy atom. The summed E-state index contributed by atoms with van der Waals surface area (Å²) in [5, 5.41) is 14.8. The van der Waals surface area contributed by atoms with Crippen molar-refractivity contribution < 1.29 is 19.8 Å². The van der Waals surface area contributed by atoms with Gasteiger partial charge in [0.15, 0.2) is 0 Å². The van der Waals surface area contributed by atoms with Crippen LogP contribution in [0.5, 0.6) is 0 Å². The molecule has 0 heterocycles. The lowest BCUT2D eigenvalue weighted by molar-refractivity contribution is -0.135. The molecule has 4 N–H and O–H groups in total. The summed E-state index contributed by atoms with van der Waals surface area (Å²) < 4.78 is 0. The molecule has 0 aliphatic carbocycles. The SMILES string of the molecule is CC(=O)O.CC(=O)O.NCCCl. The zero-order valence-electron chi connectivity index (χ0n) is 7.08. The number of nitrogens with two attached hydrogens (primary N) is 1. The van der Waals surface area contributed by atoms with Crippen molar-refractivity contribution in [1.82, 2.24) is 0 Å². The normalized spacial score (nSPS) is 6.67. The summed E-state index contributed by atoms with van der Waals surface area (Å²) in [5.74, 6) is -1.10. The van der Waals surface area contributed by atoms with Crippen LogP contribution in [0.1, 0.15) is 13.8 Å². The van der Waals surface area contributed by atoms with Gasteiger partial charge in [-0.1, -0.05) is 0 Å². The van der Waals surface area contributed by atoms with E-state index in [1.807, 2.05) is 0 Å². The van der Waals surface area contributed by atoms with Gasteiger partial charge in [0.25, 0.3) is 11.9 Å². The van der Waals surface area contributed by atoms with Gasteiger partial charge >= 0.3 is 0 Å². The fourth-order valence-corrected chi connectivity index (χ4v) is 0. The first-order valence-electron chi connectivity index (χ1n) is 3.03. The summed E-state index contributed by atoms with van der Waals surface area (Å²) in [4.78, 5) is 18.0. The van der Waals surface area contributed by atoms with E-state index in [2.05, 4.69) is 0 Å². The maximum atomic E-state index is 9.00. The number of hydrogen-bond acceptors (Lipinski definition) is 3. The fraction of sp³-hybridized carbons (Fsp3) is 0.667. The number of carboxylic acid groups (broad SMARTS) is 2. The number of carbonyl (C=O) groups is 2. The summed E-state index contributed by atoms with van der Waals surface area (Å²) >= 11 is 5.06. The molecule has 0 unspecified atom stereocenters. The van der Waals surface area contributed by atoms with Gasteiger partial charge in [0.1, 0.15) is 0 Å². The Bertz CT molecular complexity index is 96.1. The number of halogens is 1. The van der Waals surface area contributed by atoms with Crippen molar-refractivity contribution in [1.29, 1.82) is 0 Å². The van der Waals surface area contributed by atoms with Gasteiger partial charge in [0, 0.05) is 26.3 Å². The van der Waals surface area contributed by atoms with Gasteiger partial charge in [0.05, 0.1) is 0 Å². The van der Waals surface area contributed by atoms with Crippen LogP contribution in [0, 0.1) is 0 Å². The molecule has 12 heavy (non-hydrogen) atoms. The molecule has 0 aliphatic heterocycles. The van der Waals surface area contributed by atoms with Crippen molar-refractivity contribution in [3.63, 3.8) is 0 Å². The molecule has 0 atom stereocenters. The van der Waals surface area contributed by atoms with Crippen LogP contribution < -0.4 is 5.73 Å². The standard InChI is InChI=1S/C2H6ClN.2C2H4O2/c3-1-2-4;2*1-2(3)4/h1-2,4H2;2*1H3,(H,3,4). The average molecular weight is 200 g/mol. The summed E-state index contributed by atoms with van der Waals surface area (Å²) in [6, 6.07) is 0. The molecule has 0 aromatic rings. The van der Waals surface area contributed by atoms with Gasteiger partial charge in [-0.25, -0.2) is 0 Å². The first-order valence-corrected chi connectivity index (χ1v) is 3.57. The first-order chi connectivity index (χ1) is 5.38. The summed E-state index contributed by atoms with van der Waals surface area (Å²) in [5.41, 5.74) is 4.90. The molecule has 0 radical (unpaired) electrons. The first kappa shape index (κ1) is 17.3. The molecule has 0 aromatic carbocycles. The topological polar surface area (TPSA) is 101 Å². The second-order valence-electron chi connectivity index (χ2n) is 1.52. The Hall–Kier alpha value is -0.810. The summed E-state index contributed by atoms with van der Waals surface area (Å²) in [7, 11) is 0. The highest BCUT2D eigenvalue weighted by molar-refractivity contribution is 6.18. The van der Waals surface area contributed by atoms with Crippen LogP contribution in [0.15, 0.2) is 0 Å². The van der Waals surface area contributed by atoms with E-state index in [4.69, 9.17) is 37.1 Å². The highest BCUT2D eigenvalue weighted by Crippen LogP contribution is 1.60. The maximum absolute atomic E-state index is 9.00. The number of aliphatic carboxylic acids is 2.